The number of thiazole rings is 1. The fourth-order valence-corrected chi connectivity index (χ4v) is 7.11. The molecule has 224 valence electrons. The molecule has 5 atom stereocenters. The molecule has 2 fully saturated rings. The van der Waals surface area contributed by atoms with Gasteiger partial charge in [-0.25, -0.2) is 4.98 Å². The fourth-order valence-electron chi connectivity index (χ4n) is 6.39. The number of aromatic amines is 1. The molecule has 1 saturated heterocycles. The molecule has 0 bridgehead atoms. The minimum atomic E-state index is -1.12. The van der Waals surface area contributed by atoms with Crippen molar-refractivity contribution in [1.29, 1.82) is 0 Å². The van der Waals surface area contributed by atoms with Crippen LogP contribution in [0.15, 0.2) is 34.4 Å². The van der Waals surface area contributed by atoms with Crippen molar-refractivity contribution in [2.75, 3.05) is 11.9 Å². The summed E-state index contributed by atoms with van der Waals surface area (Å²) in [5.74, 6) is -1.25. The first-order chi connectivity index (χ1) is 19.6. The van der Waals surface area contributed by atoms with Gasteiger partial charge in [-0.15, -0.1) is 11.3 Å². The van der Waals surface area contributed by atoms with E-state index in [0.717, 1.165) is 16.6 Å². The number of piperidine rings is 1. The number of carbonyl (C=O) groups is 3. The Morgan fingerprint density at radius 1 is 1.21 bits per heavy atom. The smallest absolute Gasteiger partial charge is 0.251 e. The molecule has 1 aliphatic carbocycles. The van der Waals surface area contributed by atoms with Gasteiger partial charge < -0.3 is 26.3 Å². The van der Waals surface area contributed by atoms with Crippen LogP contribution in [0.2, 0.25) is 0 Å². The van der Waals surface area contributed by atoms with Crippen LogP contribution >= 0.6 is 11.3 Å². The van der Waals surface area contributed by atoms with Gasteiger partial charge in [-0.1, -0.05) is 46.2 Å². The lowest BCUT2D eigenvalue weighted by Crippen LogP contribution is -2.58. The number of aryl methyl sites for hydroxylation is 2. The van der Waals surface area contributed by atoms with Crippen LogP contribution in [0.3, 0.4) is 0 Å². The van der Waals surface area contributed by atoms with E-state index in [-0.39, 0.29) is 35.1 Å². The molecule has 3 heterocycles. The Labute approximate surface area is 249 Å². The number of nitrogens with one attached hydrogen (secondary N) is 3. The topological polar surface area (TPSA) is 150 Å². The number of primary amides is 1. The van der Waals surface area contributed by atoms with Gasteiger partial charge in [-0.3, -0.25) is 19.2 Å². The number of nitrogens with two attached hydrogens (primary N) is 1. The second-order valence-electron chi connectivity index (χ2n) is 13.5. The van der Waals surface area contributed by atoms with E-state index < -0.39 is 35.4 Å². The summed E-state index contributed by atoms with van der Waals surface area (Å²) in [5.41, 5.74) is 7.73. The molecular weight excluding hydrogens is 552 g/mol. The number of nitrogens with zero attached hydrogens (tertiary/aromatic N) is 2. The van der Waals surface area contributed by atoms with Crippen LogP contribution in [-0.4, -0.2) is 57.3 Å². The van der Waals surface area contributed by atoms with Crippen molar-refractivity contribution in [1.82, 2.24) is 20.2 Å². The van der Waals surface area contributed by atoms with Crippen molar-refractivity contribution in [3.63, 3.8) is 0 Å². The Morgan fingerprint density at radius 3 is 2.55 bits per heavy atom. The van der Waals surface area contributed by atoms with E-state index in [1.54, 1.807) is 11.0 Å². The third-order valence-corrected chi connectivity index (χ3v) is 9.81. The van der Waals surface area contributed by atoms with Gasteiger partial charge in [0.05, 0.1) is 5.69 Å². The molecule has 5 rings (SSSR count). The SMILES string of the molecule is Cc1ccc2[nH]c(=O)c(C[C@H](NC(=O)[C@@H]3[C@@H]4[C@H](CN3C(=O)[C@@H](Nc3nc(C)cs3)C(C)(C)C)C4(C)C)C(N)=O)cc2c1. The van der Waals surface area contributed by atoms with Crippen molar-refractivity contribution in [3.8, 4) is 0 Å². The Hall–Kier alpha value is -3.73. The Morgan fingerprint density at radius 2 is 1.93 bits per heavy atom. The molecular formula is C31H40N6O4S. The van der Waals surface area contributed by atoms with Gasteiger partial charge in [-0.05, 0) is 60.1 Å². The number of amides is 3. The van der Waals surface area contributed by atoms with Crippen LogP contribution < -0.4 is 21.9 Å². The van der Waals surface area contributed by atoms with E-state index in [1.807, 2.05) is 58.2 Å². The molecule has 1 aliphatic heterocycles. The van der Waals surface area contributed by atoms with Crippen molar-refractivity contribution in [3.05, 3.63) is 56.8 Å². The number of hydrogen-bond acceptors (Lipinski definition) is 7. The Bertz CT molecular complexity index is 1620. The average molecular weight is 593 g/mol. The molecule has 2 aliphatic rings. The van der Waals surface area contributed by atoms with E-state index in [0.29, 0.717) is 22.8 Å². The molecule has 1 saturated carbocycles. The monoisotopic (exact) mass is 592 g/mol. The second kappa shape index (κ2) is 10.5. The van der Waals surface area contributed by atoms with E-state index in [9.17, 15) is 19.2 Å². The van der Waals surface area contributed by atoms with E-state index in [2.05, 4.69) is 34.4 Å². The molecule has 3 amide bonds. The highest BCUT2D eigenvalue weighted by atomic mass is 32.1. The molecule has 42 heavy (non-hydrogen) atoms. The number of aromatic nitrogens is 2. The number of benzene rings is 1. The maximum atomic E-state index is 14.1. The summed E-state index contributed by atoms with van der Waals surface area (Å²) in [6.07, 6.45) is -0.0615. The largest absolute Gasteiger partial charge is 0.368 e. The number of carbonyl (C=O) groups excluding carboxylic acids is 3. The highest BCUT2D eigenvalue weighted by Crippen LogP contribution is 2.65. The van der Waals surface area contributed by atoms with Gasteiger partial charge in [0.1, 0.15) is 18.1 Å². The van der Waals surface area contributed by atoms with Crippen molar-refractivity contribution in [2.24, 2.45) is 28.4 Å². The summed E-state index contributed by atoms with van der Waals surface area (Å²) in [6, 6.07) is 4.91. The number of likely N-dealkylation sites (tertiary alicyclic amines) is 1. The summed E-state index contributed by atoms with van der Waals surface area (Å²) >= 11 is 1.43. The molecule has 0 unspecified atom stereocenters. The minimum absolute atomic E-state index is 0.0512. The highest BCUT2D eigenvalue weighted by Gasteiger charge is 2.69. The number of hydrogen-bond donors (Lipinski definition) is 4. The predicted octanol–water partition coefficient (Wildman–Crippen LogP) is 3.12. The van der Waals surface area contributed by atoms with Crippen LogP contribution in [0, 0.1) is 36.5 Å². The zero-order valence-corrected chi connectivity index (χ0v) is 26.0. The first-order valence-corrected chi connectivity index (χ1v) is 15.2. The molecule has 10 nitrogen and oxygen atoms in total. The zero-order valence-electron chi connectivity index (χ0n) is 25.2. The summed E-state index contributed by atoms with van der Waals surface area (Å²) < 4.78 is 0. The molecule has 5 N–H and O–H groups in total. The Kier molecular flexibility index (Phi) is 7.45. The molecule has 2 aromatic heterocycles. The van der Waals surface area contributed by atoms with Gasteiger partial charge in [0.15, 0.2) is 5.13 Å². The fraction of sp³-hybridized carbons (Fsp3) is 0.516. The lowest BCUT2D eigenvalue weighted by molar-refractivity contribution is -0.143. The second-order valence-corrected chi connectivity index (χ2v) is 14.4. The number of fused-ring (bicyclic) bond motifs is 2. The molecule has 1 aromatic carbocycles. The zero-order chi connectivity index (χ0) is 30.7. The number of rotatable bonds is 8. The number of anilines is 1. The molecule has 0 radical (unpaired) electrons. The maximum absolute atomic E-state index is 14.1. The van der Waals surface area contributed by atoms with Crippen LogP contribution in [0.5, 0.6) is 0 Å². The van der Waals surface area contributed by atoms with Crippen molar-refractivity contribution in [2.45, 2.75) is 73.0 Å². The third-order valence-electron chi connectivity index (χ3n) is 8.92. The van der Waals surface area contributed by atoms with Crippen LogP contribution in [0.4, 0.5) is 5.13 Å². The lowest BCUT2D eigenvalue weighted by atomic mass is 9.85. The van der Waals surface area contributed by atoms with Crippen LogP contribution in [0.1, 0.15) is 51.4 Å². The van der Waals surface area contributed by atoms with E-state index in [4.69, 9.17) is 5.73 Å². The minimum Gasteiger partial charge on any atom is -0.368 e. The summed E-state index contributed by atoms with van der Waals surface area (Å²) in [5, 5.41) is 9.52. The van der Waals surface area contributed by atoms with Crippen molar-refractivity contribution >= 4 is 45.1 Å². The quantitative estimate of drug-likeness (QED) is 0.316. The summed E-state index contributed by atoms with van der Waals surface area (Å²) in [4.78, 5) is 62.4. The maximum Gasteiger partial charge on any atom is 0.251 e. The number of H-pyrrole nitrogens is 1. The van der Waals surface area contributed by atoms with Crippen LogP contribution in [0.25, 0.3) is 10.9 Å². The highest BCUT2D eigenvalue weighted by molar-refractivity contribution is 7.13. The van der Waals surface area contributed by atoms with Crippen LogP contribution in [-0.2, 0) is 20.8 Å². The summed E-state index contributed by atoms with van der Waals surface area (Å²) in [6.45, 7) is 14.4. The van der Waals surface area contributed by atoms with E-state index in [1.165, 1.54) is 11.3 Å². The number of pyridine rings is 1. The average Bonchev–Trinajstić information content (AvgIpc) is 3.25. The van der Waals surface area contributed by atoms with Gasteiger partial charge in [0.25, 0.3) is 5.56 Å². The molecule has 3 aromatic rings. The van der Waals surface area contributed by atoms with Gasteiger partial charge in [0.2, 0.25) is 17.7 Å². The lowest BCUT2D eigenvalue weighted by Gasteiger charge is -2.37. The normalized spacial score (nSPS) is 22.4. The first kappa shape index (κ1) is 29.8. The van der Waals surface area contributed by atoms with Gasteiger partial charge in [0, 0.05) is 29.4 Å². The third kappa shape index (κ3) is 5.54. The standard InChI is InChI=1S/C31H40N6O4S/c1-15-8-9-20-17(10-15)11-18(26(39)34-20)12-21(25(32)38)35-27(40)23-22-19(31(22,6)7)13-37(23)28(41)24(30(3,4)5)36-29-33-16(2)14-42-29/h8-11,14,19,21-24H,12-13H2,1-7H3,(H2,32,38)(H,33,36)(H,34,39)(H,35,40)/t19-,21-,22-,23-,24+/m0/s1. The summed E-state index contributed by atoms with van der Waals surface area (Å²) in [7, 11) is 0. The van der Waals surface area contributed by atoms with Gasteiger partial charge in [-0.2, -0.15) is 0 Å². The molecule has 0 spiro atoms. The first-order valence-electron chi connectivity index (χ1n) is 14.3. The van der Waals surface area contributed by atoms with Gasteiger partial charge >= 0.3 is 0 Å². The predicted molar refractivity (Wildman–Crippen MR) is 164 cm³/mol. The molecule has 11 heteroatoms. The van der Waals surface area contributed by atoms with E-state index >= 15 is 0 Å². The Balaban J connectivity index is 1.40. The van der Waals surface area contributed by atoms with Crippen molar-refractivity contribution < 1.29 is 14.4 Å².